The van der Waals surface area contributed by atoms with Gasteiger partial charge in [0.05, 0.1) is 7.11 Å². The molecule has 0 bridgehead atoms. The summed E-state index contributed by atoms with van der Waals surface area (Å²) in [5, 5.41) is 9.63. The van der Waals surface area contributed by atoms with E-state index >= 15 is 0 Å². The maximum Gasteiger partial charge on any atom is 0.318 e. The molecule has 1 heterocycles. The van der Waals surface area contributed by atoms with Gasteiger partial charge in [-0.15, -0.1) is 10.2 Å². The second-order valence-corrected chi connectivity index (χ2v) is 9.47. The van der Waals surface area contributed by atoms with Crippen LogP contribution in [0.4, 0.5) is 0 Å². The van der Waals surface area contributed by atoms with Gasteiger partial charge in [-0.25, -0.2) is 0 Å². The van der Waals surface area contributed by atoms with Crippen molar-refractivity contribution in [3.63, 3.8) is 0 Å². The van der Waals surface area contributed by atoms with E-state index in [1.165, 1.54) is 24.4 Å². The smallest absolute Gasteiger partial charge is 0.318 e. The molecule has 3 aromatic rings. The molecule has 0 aliphatic heterocycles. The number of rotatable bonds is 5. The van der Waals surface area contributed by atoms with Crippen LogP contribution in [0.2, 0.25) is 5.02 Å². The van der Waals surface area contributed by atoms with E-state index in [4.69, 9.17) is 16.3 Å². The molecule has 0 amide bonds. The SMILES string of the molecule is COC(=O)[C@@H](C)Sc1nnc(-c2ccc(C(C)(C)C)cc2)n1-c1ccc(Cl)cc1. The second-order valence-electron chi connectivity index (χ2n) is 7.73. The number of aromatic nitrogens is 3. The summed E-state index contributed by atoms with van der Waals surface area (Å²) in [6.07, 6.45) is 0. The van der Waals surface area contributed by atoms with Crippen molar-refractivity contribution < 1.29 is 9.53 Å². The molecular weight excluding hydrogens is 406 g/mol. The molecule has 0 saturated heterocycles. The highest BCUT2D eigenvalue weighted by atomic mass is 35.5. The largest absolute Gasteiger partial charge is 0.468 e. The second kappa shape index (κ2) is 8.59. The number of ether oxygens (including phenoxy) is 1. The number of methoxy groups -OCH3 is 1. The third-order valence-electron chi connectivity index (χ3n) is 4.54. The lowest BCUT2D eigenvalue weighted by atomic mass is 9.87. The maximum atomic E-state index is 11.9. The standard InChI is InChI=1S/C22H24ClN3O2S/c1-14(20(27)28-5)29-21-25-24-19(26(21)18-12-10-17(23)11-13-18)15-6-8-16(9-7-15)22(2,3)4/h6-14H,1-5H3/t14-/m1/s1. The van der Waals surface area contributed by atoms with E-state index in [0.29, 0.717) is 16.0 Å². The van der Waals surface area contributed by atoms with E-state index in [-0.39, 0.29) is 11.4 Å². The number of halogens is 1. The lowest BCUT2D eigenvalue weighted by Crippen LogP contribution is -2.15. The minimum absolute atomic E-state index is 0.0688. The monoisotopic (exact) mass is 429 g/mol. The predicted octanol–water partition coefficient (Wildman–Crippen LogP) is 5.54. The average molecular weight is 430 g/mol. The molecule has 5 nitrogen and oxygen atoms in total. The van der Waals surface area contributed by atoms with Gasteiger partial charge in [0.1, 0.15) is 5.25 Å². The Balaban J connectivity index is 2.07. The fourth-order valence-electron chi connectivity index (χ4n) is 2.85. The molecule has 0 unspecified atom stereocenters. The van der Waals surface area contributed by atoms with Gasteiger partial charge in [0, 0.05) is 16.3 Å². The van der Waals surface area contributed by atoms with Crippen molar-refractivity contribution in [2.75, 3.05) is 7.11 Å². The molecule has 1 aromatic heterocycles. The van der Waals surface area contributed by atoms with Crippen LogP contribution in [0.25, 0.3) is 17.1 Å². The number of thioether (sulfide) groups is 1. The first kappa shape index (κ1) is 21.4. The molecular formula is C22H24ClN3O2S. The summed E-state index contributed by atoms with van der Waals surface area (Å²) >= 11 is 7.37. The van der Waals surface area contributed by atoms with Crippen LogP contribution in [0.1, 0.15) is 33.3 Å². The number of esters is 1. The summed E-state index contributed by atoms with van der Waals surface area (Å²) < 4.78 is 6.78. The Morgan fingerprint density at radius 1 is 1.07 bits per heavy atom. The van der Waals surface area contributed by atoms with Crippen molar-refractivity contribution in [3.05, 3.63) is 59.1 Å². The van der Waals surface area contributed by atoms with Gasteiger partial charge in [0.25, 0.3) is 0 Å². The van der Waals surface area contributed by atoms with Crippen LogP contribution in [0, 0.1) is 0 Å². The lowest BCUT2D eigenvalue weighted by Gasteiger charge is -2.19. The molecule has 0 spiro atoms. The Hall–Kier alpha value is -2.31. The number of hydrogen-bond donors (Lipinski definition) is 0. The summed E-state index contributed by atoms with van der Waals surface area (Å²) in [4.78, 5) is 11.9. The molecule has 0 N–H and O–H groups in total. The molecule has 0 radical (unpaired) electrons. The third-order valence-corrected chi connectivity index (χ3v) is 5.82. The molecule has 0 aliphatic rings. The highest BCUT2D eigenvalue weighted by Crippen LogP contribution is 2.32. The third kappa shape index (κ3) is 4.82. The first-order valence-corrected chi connectivity index (χ1v) is 10.5. The maximum absolute atomic E-state index is 11.9. The molecule has 29 heavy (non-hydrogen) atoms. The van der Waals surface area contributed by atoms with E-state index < -0.39 is 5.25 Å². The van der Waals surface area contributed by atoms with Gasteiger partial charge in [0.2, 0.25) is 0 Å². The topological polar surface area (TPSA) is 57.0 Å². The highest BCUT2D eigenvalue weighted by molar-refractivity contribution is 8.00. The summed E-state index contributed by atoms with van der Waals surface area (Å²) in [5.41, 5.74) is 3.12. The van der Waals surface area contributed by atoms with E-state index in [1.807, 2.05) is 28.8 Å². The van der Waals surface area contributed by atoms with Gasteiger partial charge in [-0.1, -0.05) is 68.4 Å². The zero-order chi connectivity index (χ0) is 21.2. The number of hydrogen-bond acceptors (Lipinski definition) is 5. The molecule has 0 aliphatic carbocycles. The number of nitrogens with zero attached hydrogens (tertiary/aromatic N) is 3. The fraction of sp³-hybridized carbons (Fsp3) is 0.318. The van der Waals surface area contributed by atoms with Crippen molar-refractivity contribution in [3.8, 4) is 17.1 Å². The van der Waals surface area contributed by atoms with Crippen LogP contribution in [-0.4, -0.2) is 33.1 Å². The van der Waals surface area contributed by atoms with E-state index in [2.05, 4.69) is 55.2 Å². The zero-order valence-electron chi connectivity index (χ0n) is 17.1. The summed E-state index contributed by atoms with van der Waals surface area (Å²) in [6.45, 7) is 8.33. The summed E-state index contributed by atoms with van der Waals surface area (Å²) in [6, 6.07) is 15.8. The number of carbonyl (C=O) groups is 1. The summed E-state index contributed by atoms with van der Waals surface area (Å²) in [7, 11) is 1.38. The van der Waals surface area contributed by atoms with Crippen molar-refractivity contribution in [2.45, 2.75) is 43.5 Å². The van der Waals surface area contributed by atoms with Gasteiger partial charge >= 0.3 is 5.97 Å². The average Bonchev–Trinajstić information content (AvgIpc) is 3.10. The van der Waals surface area contributed by atoms with Crippen molar-refractivity contribution in [1.29, 1.82) is 0 Å². The minimum Gasteiger partial charge on any atom is -0.468 e. The van der Waals surface area contributed by atoms with Crippen molar-refractivity contribution in [2.24, 2.45) is 0 Å². The Morgan fingerprint density at radius 2 is 1.69 bits per heavy atom. The number of carbonyl (C=O) groups excluding carboxylic acids is 1. The quantitative estimate of drug-likeness (QED) is 0.393. The first-order chi connectivity index (χ1) is 13.7. The predicted molar refractivity (Wildman–Crippen MR) is 118 cm³/mol. The molecule has 152 valence electrons. The van der Waals surface area contributed by atoms with E-state index in [0.717, 1.165) is 11.3 Å². The molecule has 0 saturated carbocycles. The van der Waals surface area contributed by atoms with Gasteiger partial charge in [-0.2, -0.15) is 0 Å². The van der Waals surface area contributed by atoms with Crippen molar-refractivity contribution in [1.82, 2.24) is 14.8 Å². The lowest BCUT2D eigenvalue weighted by molar-refractivity contribution is -0.139. The van der Waals surface area contributed by atoms with Crippen LogP contribution in [0.5, 0.6) is 0 Å². The normalized spacial score (nSPS) is 12.6. The highest BCUT2D eigenvalue weighted by Gasteiger charge is 2.22. The number of benzene rings is 2. The molecule has 3 rings (SSSR count). The van der Waals surface area contributed by atoms with E-state index in [1.54, 1.807) is 6.92 Å². The Bertz CT molecular complexity index is 992. The van der Waals surface area contributed by atoms with Crippen LogP contribution in [-0.2, 0) is 14.9 Å². The fourth-order valence-corrected chi connectivity index (χ4v) is 3.87. The molecule has 1 atom stereocenters. The van der Waals surface area contributed by atoms with Crippen LogP contribution in [0.3, 0.4) is 0 Å². The van der Waals surface area contributed by atoms with Crippen LogP contribution in [0.15, 0.2) is 53.7 Å². The Morgan fingerprint density at radius 3 is 2.24 bits per heavy atom. The van der Waals surface area contributed by atoms with Gasteiger partial charge < -0.3 is 4.74 Å². The zero-order valence-corrected chi connectivity index (χ0v) is 18.7. The molecule has 7 heteroatoms. The van der Waals surface area contributed by atoms with E-state index in [9.17, 15) is 4.79 Å². The Kier molecular flexibility index (Phi) is 6.34. The van der Waals surface area contributed by atoms with Gasteiger partial charge in [-0.3, -0.25) is 9.36 Å². The molecule has 0 fully saturated rings. The van der Waals surface area contributed by atoms with Crippen molar-refractivity contribution >= 4 is 29.3 Å². The van der Waals surface area contributed by atoms with Gasteiger partial charge in [0.15, 0.2) is 11.0 Å². The van der Waals surface area contributed by atoms with Gasteiger partial charge in [-0.05, 0) is 42.2 Å². The van der Waals surface area contributed by atoms with Crippen LogP contribution >= 0.6 is 23.4 Å². The Labute approximate surface area is 180 Å². The minimum atomic E-state index is -0.411. The molecule has 2 aromatic carbocycles. The summed E-state index contributed by atoms with van der Waals surface area (Å²) in [5.74, 6) is 0.393. The first-order valence-electron chi connectivity index (χ1n) is 9.27. The van der Waals surface area contributed by atoms with Crippen LogP contribution < -0.4 is 0 Å².